The highest BCUT2D eigenvalue weighted by Crippen LogP contribution is 2.66. The molecule has 3 saturated carbocycles. The summed E-state index contributed by atoms with van der Waals surface area (Å²) in [5.74, 6) is 3.03. The molecule has 0 aromatic carbocycles. The van der Waals surface area contributed by atoms with Crippen molar-refractivity contribution < 1.29 is 14.3 Å². The summed E-state index contributed by atoms with van der Waals surface area (Å²) in [6, 6.07) is 0. The minimum absolute atomic E-state index is 0.0683. The van der Waals surface area contributed by atoms with Gasteiger partial charge >= 0.3 is 5.97 Å². The van der Waals surface area contributed by atoms with Crippen LogP contribution in [0.2, 0.25) is 0 Å². The third kappa shape index (κ3) is 3.25. The quantitative estimate of drug-likeness (QED) is 0.454. The van der Waals surface area contributed by atoms with Crippen LogP contribution in [0, 0.1) is 40.4 Å². The number of esters is 1. The van der Waals surface area contributed by atoms with E-state index in [0.717, 1.165) is 18.3 Å². The summed E-state index contributed by atoms with van der Waals surface area (Å²) in [5, 5.41) is 0. The summed E-state index contributed by atoms with van der Waals surface area (Å²) in [6.45, 7) is 13.0. The van der Waals surface area contributed by atoms with Crippen molar-refractivity contribution in [3.05, 3.63) is 36.0 Å². The molecule has 3 heteroatoms. The van der Waals surface area contributed by atoms with E-state index in [1.54, 1.807) is 13.0 Å². The van der Waals surface area contributed by atoms with Crippen LogP contribution in [0.3, 0.4) is 0 Å². The van der Waals surface area contributed by atoms with Crippen molar-refractivity contribution in [2.45, 2.75) is 66.2 Å². The minimum Gasteiger partial charge on any atom is -0.462 e. The summed E-state index contributed by atoms with van der Waals surface area (Å²) in [7, 11) is 0. The maximum absolute atomic E-state index is 11.9. The fraction of sp³-hybridized carbons (Fsp3) is 0.692. The average Bonchev–Trinajstić information content (AvgIpc) is 3.03. The Morgan fingerprint density at radius 3 is 2.72 bits per heavy atom. The first-order chi connectivity index (χ1) is 13.7. The lowest BCUT2D eigenvalue weighted by atomic mass is 9.47. The molecule has 4 aliphatic carbocycles. The van der Waals surface area contributed by atoms with Crippen molar-refractivity contribution >= 4 is 11.8 Å². The smallest absolute Gasteiger partial charge is 0.333 e. The molecule has 0 amide bonds. The summed E-state index contributed by atoms with van der Waals surface area (Å²) in [5.41, 5.74) is 2.25. The van der Waals surface area contributed by atoms with Crippen molar-refractivity contribution in [2.24, 2.45) is 40.4 Å². The molecule has 4 rings (SSSR count). The van der Waals surface area contributed by atoms with E-state index in [9.17, 15) is 9.59 Å². The average molecular weight is 397 g/mol. The van der Waals surface area contributed by atoms with Crippen LogP contribution in [-0.2, 0) is 14.3 Å². The van der Waals surface area contributed by atoms with E-state index < -0.39 is 0 Å². The SMILES string of the molecule is C=C(C)C(=O)OCC(C)[C@H]1CC[C@H]2[C@@H]3CCC4=CC(=O)C=C[C@]4(C)[C@H]3CC[C@]12C. The number of rotatable bonds is 4. The highest BCUT2D eigenvalue weighted by atomic mass is 16.5. The molecule has 0 aliphatic heterocycles. The molecule has 3 fully saturated rings. The van der Waals surface area contributed by atoms with E-state index in [1.807, 2.05) is 6.08 Å². The van der Waals surface area contributed by atoms with E-state index in [1.165, 1.54) is 37.7 Å². The van der Waals surface area contributed by atoms with E-state index in [-0.39, 0.29) is 17.2 Å². The lowest BCUT2D eigenvalue weighted by molar-refractivity contribution is -0.141. The lowest BCUT2D eigenvalue weighted by Crippen LogP contribution is -2.50. The first-order valence-corrected chi connectivity index (χ1v) is 11.4. The number of hydrogen-bond acceptors (Lipinski definition) is 3. The third-order valence-corrected chi connectivity index (χ3v) is 9.14. The van der Waals surface area contributed by atoms with Crippen LogP contribution in [0.5, 0.6) is 0 Å². The first kappa shape index (κ1) is 20.6. The molecule has 29 heavy (non-hydrogen) atoms. The summed E-state index contributed by atoms with van der Waals surface area (Å²) >= 11 is 0. The van der Waals surface area contributed by atoms with Crippen LogP contribution in [0.25, 0.3) is 0 Å². The second-order valence-electron chi connectivity index (χ2n) is 10.7. The Morgan fingerprint density at radius 2 is 2.00 bits per heavy atom. The Balaban J connectivity index is 1.51. The minimum atomic E-state index is -0.265. The molecule has 7 atom stereocenters. The molecule has 0 aromatic heterocycles. The van der Waals surface area contributed by atoms with Crippen molar-refractivity contribution in [3.63, 3.8) is 0 Å². The van der Waals surface area contributed by atoms with Crippen molar-refractivity contribution in [2.75, 3.05) is 6.61 Å². The first-order valence-electron chi connectivity index (χ1n) is 11.4. The monoisotopic (exact) mass is 396 g/mol. The Hall–Kier alpha value is -1.64. The zero-order chi connectivity index (χ0) is 21.0. The van der Waals surface area contributed by atoms with E-state index in [0.29, 0.717) is 35.3 Å². The summed E-state index contributed by atoms with van der Waals surface area (Å²) < 4.78 is 5.52. The van der Waals surface area contributed by atoms with Gasteiger partial charge in [-0.2, -0.15) is 0 Å². The molecule has 0 spiro atoms. The van der Waals surface area contributed by atoms with Crippen LogP contribution < -0.4 is 0 Å². The van der Waals surface area contributed by atoms with E-state index in [4.69, 9.17) is 4.74 Å². The fourth-order valence-electron chi connectivity index (χ4n) is 7.62. The Labute approximate surface area is 175 Å². The maximum atomic E-state index is 11.9. The Morgan fingerprint density at radius 1 is 1.24 bits per heavy atom. The normalized spacial score (nSPS) is 41.7. The molecular weight excluding hydrogens is 360 g/mol. The molecule has 158 valence electrons. The van der Waals surface area contributed by atoms with Crippen LogP contribution in [0.4, 0.5) is 0 Å². The zero-order valence-corrected chi connectivity index (χ0v) is 18.5. The molecule has 1 unspecified atom stereocenters. The number of allylic oxidation sites excluding steroid dienone is 4. The molecule has 3 nitrogen and oxygen atoms in total. The van der Waals surface area contributed by atoms with Gasteiger partial charge in [-0.3, -0.25) is 4.79 Å². The summed E-state index contributed by atoms with van der Waals surface area (Å²) in [4.78, 5) is 23.8. The van der Waals surface area contributed by atoms with Gasteiger partial charge in [0.15, 0.2) is 5.78 Å². The van der Waals surface area contributed by atoms with Gasteiger partial charge in [-0.15, -0.1) is 0 Å². The van der Waals surface area contributed by atoms with Gasteiger partial charge in [-0.05, 0) is 92.6 Å². The van der Waals surface area contributed by atoms with Crippen LogP contribution >= 0.6 is 0 Å². The van der Waals surface area contributed by atoms with Crippen LogP contribution in [-0.4, -0.2) is 18.4 Å². The van der Waals surface area contributed by atoms with Gasteiger partial charge in [0, 0.05) is 11.0 Å². The molecule has 4 aliphatic rings. The van der Waals surface area contributed by atoms with Gasteiger partial charge in [-0.1, -0.05) is 39.0 Å². The molecule has 0 bridgehead atoms. The highest BCUT2D eigenvalue weighted by Gasteiger charge is 2.59. The van der Waals surface area contributed by atoms with Crippen LogP contribution in [0.15, 0.2) is 36.0 Å². The Kier molecular flexibility index (Phi) is 5.16. The second kappa shape index (κ2) is 7.25. The lowest BCUT2D eigenvalue weighted by Gasteiger charge is -2.57. The van der Waals surface area contributed by atoms with Gasteiger partial charge in [0.05, 0.1) is 6.61 Å². The van der Waals surface area contributed by atoms with Crippen molar-refractivity contribution in [1.29, 1.82) is 0 Å². The summed E-state index contributed by atoms with van der Waals surface area (Å²) in [6.07, 6.45) is 13.2. The van der Waals surface area contributed by atoms with E-state index >= 15 is 0 Å². The number of ketones is 1. The number of hydrogen-bond donors (Lipinski definition) is 0. The number of ether oxygens (including phenoxy) is 1. The van der Waals surface area contributed by atoms with Gasteiger partial charge in [0.1, 0.15) is 0 Å². The van der Waals surface area contributed by atoms with E-state index in [2.05, 4.69) is 33.4 Å². The van der Waals surface area contributed by atoms with Gasteiger partial charge < -0.3 is 4.74 Å². The van der Waals surface area contributed by atoms with Gasteiger partial charge in [-0.25, -0.2) is 4.79 Å². The molecule has 0 saturated heterocycles. The van der Waals surface area contributed by atoms with Crippen molar-refractivity contribution in [3.8, 4) is 0 Å². The van der Waals surface area contributed by atoms with Gasteiger partial charge in [0.2, 0.25) is 0 Å². The zero-order valence-electron chi connectivity index (χ0n) is 18.5. The topological polar surface area (TPSA) is 43.4 Å². The molecule has 0 radical (unpaired) electrons. The van der Waals surface area contributed by atoms with Gasteiger partial charge in [0.25, 0.3) is 0 Å². The largest absolute Gasteiger partial charge is 0.462 e. The molecule has 0 heterocycles. The van der Waals surface area contributed by atoms with Crippen molar-refractivity contribution in [1.82, 2.24) is 0 Å². The molecule has 0 N–H and O–H groups in total. The third-order valence-electron chi connectivity index (χ3n) is 9.14. The Bertz CT molecular complexity index is 790. The second-order valence-corrected chi connectivity index (χ2v) is 10.7. The predicted octanol–water partition coefficient (Wildman–Crippen LogP) is 5.67. The maximum Gasteiger partial charge on any atom is 0.333 e. The number of carbonyl (C=O) groups is 2. The number of fused-ring (bicyclic) bond motifs is 5. The van der Waals surface area contributed by atoms with Crippen LogP contribution in [0.1, 0.15) is 66.2 Å². The standard InChI is InChI=1S/C26H36O3/c1-16(2)24(28)29-15-17(3)21-8-9-22-20-7-6-18-14-19(27)10-12-25(18,4)23(20)11-13-26(21,22)5/h10,12,14,17,20-23H,1,6-9,11,13,15H2,2-5H3/t17?,20-,21+,22-,23-,25-,26+/m0/s1. The molecule has 0 aromatic rings. The fourth-order valence-corrected chi connectivity index (χ4v) is 7.62. The highest BCUT2D eigenvalue weighted by molar-refractivity contribution is 6.01. The predicted molar refractivity (Wildman–Crippen MR) is 115 cm³/mol. The number of carbonyl (C=O) groups excluding carboxylic acids is 2. The molecular formula is C26H36O3.